The number of aromatic nitrogens is 2. The molecular weight excluding hydrogens is 404 g/mol. The van der Waals surface area contributed by atoms with Gasteiger partial charge in [0, 0.05) is 30.4 Å². The summed E-state index contributed by atoms with van der Waals surface area (Å²) in [5.41, 5.74) is 2.66. The molecular formula is C24H30N6O2. The van der Waals surface area contributed by atoms with Crippen LogP contribution in [0.3, 0.4) is 0 Å². The quantitative estimate of drug-likeness (QED) is 0.371. The summed E-state index contributed by atoms with van der Waals surface area (Å²) in [6.45, 7) is 5.79. The zero-order valence-electron chi connectivity index (χ0n) is 18.3. The maximum atomic E-state index is 12.4. The van der Waals surface area contributed by atoms with E-state index in [2.05, 4.69) is 50.5 Å². The fourth-order valence-corrected chi connectivity index (χ4v) is 3.41. The maximum absolute atomic E-state index is 12.4. The molecule has 4 aliphatic heterocycles. The molecule has 0 unspecified atom stereocenters. The maximum Gasteiger partial charge on any atom is 0.251 e. The standard InChI is InChI=1S/C24H30N6O2/c1-17-14-25-11-2-12-32-21-9-3-18(4-10-21)16-26-22-13-23(30-29-22)28-20-7-5-19(6-8-20)24(31)27-15-17/h3-10,13,17,25H,2,11-12,14-16H2,1H3,(H,27,31)(H3,26,28,29,30)/t17-/m0/s1. The van der Waals surface area contributed by atoms with Crippen LogP contribution in [-0.4, -0.2) is 42.3 Å². The van der Waals surface area contributed by atoms with Crippen LogP contribution in [0.2, 0.25) is 0 Å². The third-order valence-electron chi connectivity index (χ3n) is 5.27. The van der Waals surface area contributed by atoms with Crippen molar-refractivity contribution in [2.24, 2.45) is 5.92 Å². The number of aromatic amines is 1. The minimum atomic E-state index is -0.0648. The van der Waals surface area contributed by atoms with E-state index in [1.807, 2.05) is 42.5 Å². The highest BCUT2D eigenvalue weighted by atomic mass is 16.5. The van der Waals surface area contributed by atoms with Crippen LogP contribution in [0, 0.1) is 5.92 Å². The Morgan fingerprint density at radius 1 is 1.00 bits per heavy atom. The average Bonchev–Trinajstić information content (AvgIpc) is 3.26. The molecule has 3 aromatic rings. The molecule has 0 saturated heterocycles. The molecule has 7 rings (SSSR count). The summed E-state index contributed by atoms with van der Waals surface area (Å²) < 4.78 is 5.83. The van der Waals surface area contributed by atoms with Gasteiger partial charge in [-0.05, 0) is 67.4 Å². The second-order valence-electron chi connectivity index (χ2n) is 8.09. The van der Waals surface area contributed by atoms with Gasteiger partial charge in [-0.3, -0.25) is 9.89 Å². The molecule has 5 N–H and O–H groups in total. The molecule has 6 bridgehead atoms. The lowest BCUT2D eigenvalue weighted by molar-refractivity contribution is 0.0948. The first-order valence-electron chi connectivity index (χ1n) is 11.0. The van der Waals surface area contributed by atoms with Crippen LogP contribution in [-0.2, 0) is 6.54 Å². The predicted molar refractivity (Wildman–Crippen MR) is 127 cm³/mol. The van der Waals surface area contributed by atoms with Crippen LogP contribution < -0.4 is 26.0 Å². The zero-order chi connectivity index (χ0) is 22.2. The Labute approximate surface area is 188 Å². The van der Waals surface area contributed by atoms with Crippen molar-refractivity contribution < 1.29 is 9.53 Å². The molecule has 4 aliphatic rings. The molecule has 32 heavy (non-hydrogen) atoms. The number of carbonyl (C=O) groups is 1. The number of nitrogens with zero attached hydrogens (tertiary/aromatic N) is 1. The Bertz CT molecular complexity index is 1000. The van der Waals surface area contributed by atoms with E-state index in [1.165, 1.54) is 0 Å². The number of H-pyrrole nitrogens is 1. The smallest absolute Gasteiger partial charge is 0.251 e. The van der Waals surface area contributed by atoms with E-state index >= 15 is 0 Å². The number of amides is 1. The van der Waals surface area contributed by atoms with Crippen molar-refractivity contribution in [2.45, 2.75) is 19.9 Å². The summed E-state index contributed by atoms with van der Waals surface area (Å²) in [6, 6.07) is 17.4. The van der Waals surface area contributed by atoms with E-state index in [1.54, 1.807) is 0 Å². The SMILES string of the molecule is C[C@H]1CNCCCOc2ccc(cc2)CNc2cc([nH]n2)Nc2ccc(cc2)C(=O)NC1. The monoisotopic (exact) mass is 434 g/mol. The van der Waals surface area contributed by atoms with Gasteiger partial charge in [0.2, 0.25) is 0 Å². The Morgan fingerprint density at radius 3 is 2.62 bits per heavy atom. The molecule has 168 valence electrons. The lowest BCUT2D eigenvalue weighted by atomic mass is 10.1. The van der Waals surface area contributed by atoms with Gasteiger partial charge in [-0.1, -0.05) is 19.1 Å². The molecule has 0 fully saturated rings. The Morgan fingerprint density at radius 2 is 1.81 bits per heavy atom. The van der Waals surface area contributed by atoms with Gasteiger partial charge < -0.3 is 26.0 Å². The highest BCUT2D eigenvalue weighted by molar-refractivity contribution is 5.94. The number of ether oxygens (including phenoxy) is 1. The largest absolute Gasteiger partial charge is 0.494 e. The Kier molecular flexibility index (Phi) is 7.24. The van der Waals surface area contributed by atoms with Gasteiger partial charge in [0.1, 0.15) is 17.4 Å². The van der Waals surface area contributed by atoms with Crippen molar-refractivity contribution in [3.63, 3.8) is 0 Å². The van der Waals surface area contributed by atoms with Gasteiger partial charge in [0.25, 0.3) is 5.91 Å². The van der Waals surface area contributed by atoms with E-state index < -0.39 is 0 Å². The summed E-state index contributed by atoms with van der Waals surface area (Å²) in [5.74, 6) is 2.66. The molecule has 0 saturated carbocycles. The first-order chi connectivity index (χ1) is 15.7. The highest BCUT2D eigenvalue weighted by Gasteiger charge is 2.09. The number of hydrogen-bond acceptors (Lipinski definition) is 6. The first kappa shape index (κ1) is 21.7. The number of hydrogen-bond donors (Lipinski definition) is 5. The third-order valence-corrected chi connectivity index (χ3v) is 5.27. The highest BCUT2D eigenvalue weighted by Crippen LogP contribution is 2.19. The van der Waals surface area contributed by atoms with E-state index in [0.717, 1.165) is 48.1 Å². The summed E-state index contributed by atoms with van der Waals surface area (Å²) in [7, 11) is 0. The van der Waals surface area contributed by atoms with Crippen molar-refractivity contribution in [1.29, 1.82) is 0 Å². The van der Waals surface area contributed by atoms with Gasteiger partial charge >= 0.3 is 0 Å². The van der Waals surface area contributed by atoms with Crippen molar-refractivity contribution in [1.82, 2.24) is 20.8 Å². The Hall–Kier alpha value is -3.52. The average molecular weight is 435 g/mol. The number of carbonyl (C=O) groups excluding carboxylic acids is 1. The molecule has 1 amide bonds. The molecule has 1 aromatic heterocycles. The molecule has 0 aliphatic carbocycles. The minimum absolute atomic E-state index is 0.0648. The third kappa shape index (κ3) is 6.24. The fourth-order valence-electron chi connectivity index (χ4n) is 3.41. The van der Waals surface area contributed by atoms with Gasteiger partial charge in [-0.25, -0.2) is 0 Å². The van der Waals surface area contributed by atoms with E-state index in [0.29, 0.717) is 31.2 Å². The fraction of sp³-hybridized carbons (Fsp3) is 0.333. The van der Waals surface area contributed by atoms with E-state index in [9.17, 15) is 4.79 Å². The topological polar surface area (TPSA) is 103 Å². The number of rotatable bonds is 0. The van der Waals surface area contributed by atoms with Gasteiger partial charge in [-0.2, -0.15) is 5.10 Å². The number of anilines is 3. The number of nitrogens with one attached hydrogen (secondary N) is 5. The summed E-state index contributed by atoms with van der Waals surface area (Å²) in [6.07, 6.45) is 0.921. The molecule has 0 radical (unpaired) electrons. The minimum Gasteiger partial charge on any atom is -0.494 e. The van der Waals surface area contributed by atoms with Gasteiger partial charge in [-0.15, -0.1) is 0 Å². The van der Waals surface area contributed by atoms with Crippen LogP contribution >= 0.6 is 0 Å². The van der Waals surface area contributed by atoms with Gasteiger partial charge in [0.05, 0.1) is 6.61 Å². The summed E-state index contributed by atoms with van der Waals surface area (Å²) >= 11 is 0. The second kappa shape index (κ2) is 10.7. The Balaban J connectivity index is 1.43. The van der Waals surface area contributed by atoms with E-state index in [-0.39, 0.29) is 5.91 Å². The van der Waals surface area contributed by atoms with Crippen LogP contribution in [0.15, 0.2) is 54.6 Å². The van der Waals surface area contributed by atoms with Crippen LogP contribution in [0.25, 0.3) is 0 Å². The van der Waals surface area contributed by atoms with E-state index in [4.69, 9.17) is 4.74 Å². The van der Waals surface area contributed by atoms with Crippen LogP contribution in [0.1, 0.15) is 29.3 Å². The lowest BCUT2D eigenvalue weighted by Gasteiger charge is -2.14. The molecule has 5 heterocycles. The van der Waals surface area contributed by atoms with Crippen molar-refractivity contribution in [3.8, 4) is 5.75 Å². The van der Waals surface area contributed by atoms with Crippen molar-refractivity contribution in [2.75, 3.05) is 36.9 Å². The lowest BCUT2D eigenvalue weighted by Crippen LogP contribution is -2.33. The van der Waals surface area contributed by atoms with Crippen LogP contribution in [0.5, 0.6) is 5.75 Å². The molecule has 0 spiro atoms. The number of benzene rings is 2. The second-order valence-corrected chi connectivity index (χ2v) is 8.09. The molecule has 8 heteroatoms. The predicted octanol–water partition coefficient (Wildman–Crippen LogP) is 3.50. The van der Waals surface area contributed by atoms with Crippen molar-refractivity contribution >= 4 is 23.2 Å². The summed E-state index contributed by atoms with van der Waals surface area (Å²) in [5, 5.41) is 20.3. The van der Waals surface area contributed by atoms with Crippen molar-refractivity contribution in [3.05, 3.63) is 65.7 Å². The molecule has 8 nitrogen and oxygen atoms in total. The molecule has 2 aromatic carbocycles. The normalized spacial score (nSPS) is 18.0. The molecule has 1 atom stereocenters. The van der Waals surface area contributed by atoms with Crippen LogP contribution in [0.4, 0.5) is 17.3 Å². The van der Waals surface area contributed by atoms with Gasteiger partial charge in [0.15, 0.2) is 0 Å². The zero-order valence-corrected chi connectivity index (χ0v) is 18.3. The summed E-state index contributed by atoms with van der Waals surface area (Å²) in [4.78, 5) is 12.4. The first-order valence-corrected chi connectivity index (χ1v) is 11.0.